The van der Waals surface area contributed by atoms with Gasteiger partial charge in [0.25, 0.3) is 17.0 Å². The Morgan fingerprint density at radius 1 is 0.674 bits per heavy atom. The molecule has 0 spiro atoms. The number of anilines is 4. The first-order chi connectivity index (χ1) is 63.2. The number of amides is 2. The maximum atomic E-state index is 13.7. The molecule has 1 saturated carbocycles. The van der Waals surface area contributed by atoms with E-state index in [0.29, 0.717) is 66.4 Å². The Hall–Kier alpha value is -12.5. The number of nitriles is 1. The fourth-order valence-corrected chi connectivity index (χ4v) is 26.5. The molecule has 7 aromatic carbocycles. The normalized spacial score (nSPS) is 19.1. The highest BCUT2D eigenvalue weighted by atomic mass is 32.2. The number of nitrogens with zero attached hydrogens (tertiary/aromatic N) is 8. The molecule has 6 aliphatic heterocycles. The number of allylic oxidation sites excluding steroid dienone is 2. The second-order valence-corrected chi connectivity index (χ2v) is 42.7. The zero-order valence-electron chi connectivity index (χ0n) is 73.7. The monoisotopic (exact) mass is 1890 g/mol. The number of hydrogen-bond acceptors (Lipinski definition) is 21. The number of thiazole rings is 2. The molecule has 3 fully saturated rings. The van der Waals surface area contributed by atoms with Crippen molar-refractivity contribution in [1.82, 2.24) is 18.9 Å². The zero-order valence-corrected chi connectivity index (χ0v) is 79.4. The summed E-state index contributed by atoms with van der Waals surface area (Å²) < 4.78 is 10.5. The van der Waals surface area contributed by atoms with Crippen LogP contribution in [0.5, 0.6) is 0 Å². The number of carboxylic acid groups (broad SMARTS) is 4. The van der Waals surface area contributed by atoms with Gasteiger partial charge in [0.05, 0.1) is 31.5 Å². The van der Waals surface area contributed by atoms with E-state index in [-0.39, 0.29) is 66.1 Å². The average Bonchev–Trinajstić information content (AvgIpc) is 0.740. The summed E-state index contributed by atoms with van der Waals surface area (Å²) in [5.41, 5.74) is 15.3. The molecule has 12 aromatic rings. The minimum Gasteiger partial charge on any atom is -0.481 e. The highest BCUT2D eigenvalue weighted by molar-refractivity contribution is 8.27. The van der Waals surface area contributed by atoms with Crippen molar-refractivity contribution < 1.29 is 53.6 Å². The van der Waals surface area contributed by atoms with Gasteiger partial charge in [0.2, 0.25) is 5.91 Å². The second-order valence-electron chi connectivity index (χ2n) is 35.5. The number of thiophene rings is 2. The van der Waals surface area contributed by atoms with E-state index in [4.69, 9.17) is 27.0 Å². The molecule has 22 nitrogen and oxygen atoms in total. The number of aromatic nitrogens is 2. The third-order valence-corrected chi connectivity index (χ3v) is 33.0. The number of likely N-dealkylation sites (N-methyl/N-ethyl adjacent to an activating group) is 1. The van der Waals surface area contributed by atoms with Crippen LogP contribution in [0.15, 0.2) is 222 Å². The summed E-state index contributed by atoms with van der Waals surface area (Å²) in [4.78, 5) is 126. The minimum atomic E-state index is -1.25. The molecule has 29 heteroatoms. The number of aliphatic carboxylic acids is 4. The largest absolute Gasteiger partial charge is 0.481 e. The van der Waals surface area contributed by atoms with Crippen LogP contribution in [0.2, 0.25) is 0 Å². The number of benzene rings is 7. The Bertz CT molecular complexity index is 7350. The first kappa shape index (κ1) is 91.4. The predicted molar refractivity (Wildman–Crippen MR) is 534 cm³/mol. The first-order valence-electron chi connectivity index (χ1n) is 43.6. The quantitative estimate of drug-likeness (QED) is 0.0181. The Labute approximate surface area is 790 Å². The van der Waals surface area contributed by atoms with E-state index in [1.54, 1.807) is 18.2 Å². The minimum absolute atomic E-state index is 0.0417. The third-order valence-electron chi connectivity index (χ3n) is 25.5. The molecular weight excluding hydrogens is 1800 g/mol. The van der Waals surface area contributed by atoms with Gasteiger partial charge in [-0.05, 0) is 197 Å². The Morgan fingerprint density at radius 3 is 2.04 bits per heavy atom. The number of thiocarbonyl (C=S) groups is 1. The van der Waals surface area contributed by atoms with Gasteiger partial charge in [-0.2, -0.15) is 5.26 Å². The number of thioether (sulfide) groups is 2. The van der Waals surface area contributed by atoms with Gasteiger partial charge in [-0.3, -0.25) is 52.5 Å². The summed E-state index contributed by atoms with van der Waals surface area (Å²) in [5.74, 6) is -4.65. The van der Waals surface area contributed by atoms with Crippen LogP contribution in [0.3, 0.4) is 0 Å². The van der Waals surface area contributed by atoms with E-state index in [1.165, 1.54) is 99.8 Å². The molecule has 0 bridgehead atoms. The number of carboxylic acids is 4. The maximum Gasteiger partial charge on any atom is 0.346 e. The molecule has 3 unspecified atom stereocenters. The van der Waals surface area contributed by atoms with Gasteiger partial charge in [0, 0.05) is 109 Å². The fourth-order valence-electron chi connectivity index (χ4n) is 19.4. The SMILES string of the molecule is C=c1s/c(=c2/s/c(=C\C=C3\N(CCC(=O)O)c4ccc5ccccc5c4C3(C)C)c(=O)n2CC(=O)O)c(=O)n1CC.CC1(C)Cc2c3c(cc4cc(-c5ccc(-c6ccc(/C=C(\C#N)C(=O)O)s6)s5)c(=O)oc24)C(C)(C)CCN3C1.CCN1C(=O)/C(=C2\SC(Cc3ccc4c(c3)C3CCCC3N4c3ccc(C=C(c4ccccc4)c4ccccc4)cc3)C(=O)N2CC(=O)O)SC1=S. The molecule has 7 aliphatic rings. The lowest BCUT2D eigenvalue weighted by molar-refractivity contribution is -0.142. The van der Waals surface area contributed by atoms with E-state index in [1.807, 2.05) is 91.6 Å². The Morgan fingerprint density at radius 2 is 1.36 bits per heavy atom. The number of rotatable bonds is 20. The fraction of sp³-hybridized carbons (Fsp3) is 0.272. The summed E-state index contributed by atoms with van der Waals surface area (Å²) in [6.45, 7) is 22.9. The molecule has 1 aliphatic carbocycles. The van der Waals surface area contributed by atoms with E-state index < -0.39 is 53.2 Å². The lowest BCUT2D eigenvalue weighted by Gasteiger charge is -2.48. The van der Waals surface area contributed by atoms with Crippen LogP contribution in [0.25, 0.3) is 72.3 Å². The lowest BCUT2D eigenvalue weighted by Crippen LogP contribution is -2.46. The van der Waals surface area contributed by atoms with E-state index in [2.05, 4.69) is 167 Å². The van der Waals surface area contributed by atoms with Crippen LogP contribution in [-0.2, 0) is 65.5 Å². The van der Waals surface area contributed by atoms with Crippen LogP contribution in [0.1, 0.15) is 143 Å². The molecule has 3 atom stereocenters. The molecule has 19 rings (SSSR count). The molecule has 2 saturated heterocycles. The number of fused-ring (bicyclic) bond motifs is 8. The Kier molecular flexibility index (Phi) is 25.5. The number of hydrogen-bond donors (Lipinski definition) is 4. The summed E-state index contributed by atoms with van der Waals surface area (Å²) >= 11 is 12.9. The molecule has 0 radical (unpaired) electrons. The van der Waals surface area contributed by atoms with Gasteiger partial charge in [-0.25, -0.2) is 9.59 Å². The molecule has 2 amide bonds. The highest BCUT2D eigenvalue weighted by Crippen LogP contribution is 2.56. The van der Waals surface area contributed by atoms with Gasteiger partial charge < -0.3 is 39.5 Å². The van der Waals surface area contributed by atoms with Crippen LogP contribution in [-0.4, -0.2) is 123 Å². The third kappa shape index (κ3) is 17.7. The van der Waals surface area contributed by atoms with Gasteiger partial charge in [-0.1, -0.05) is 206 Å². The lowest BCUT2D eigenvalue weighted by atomic mass is 9.71. The van der Waals surface area contributed by atoms with E-state index >= 15 is 0 Å². The van der Waals surface area contributed by atoms with Crippen LogP contribution < -0.4 is 40.6 Å². The van der Waals surface area contributed by atoms with Crippen molar-refractivity contribution in [3.05, 3.63) is 302 Å². The van der Waals surface area contributed by atoms with Gasteiger partial charge in [-0.15, -0.1) is 45.3 Å². The van der Waals surface area contributed by atoms with Gasteiger partial charge in [0.1, 0.15) is 48.7 Å². The summed E-state index contributed by atoms with van der Waals surface area (Å²) in [7, 11) is 0. The standard InChI is InChI=1S/C42H37N3O4S3.C31H28N2O4S2.C30H29N3O6S2/c1-2-43-40(49)38(52-42(43)50)41-44(25-37(46)47)39(48)36(51-41)24-27-18-21-35-33(23-27)31-14-9-15-34(31)45(35)30-19-16-26(17-20-30)22-32(28-10-5-3-6-11-28)29-12-7-4-8-13-29;1-30(2)14-21-26-22(31(3,4)9-10-33(26)16-30)13-17-12-20(29(36)37-27(17)21)23-7-8-25(39-23)24-6-5-19(38-24)11-18(15-32)28(34)35;1-5-31-17(2)40-26(28(31)39)29-33(16-24(36)37)27(38)21(41-29)12-13-22-30(3,4)25-19-9-7-6-8-18(19)10-11-20(25)32(22)15-14-23(34)35/h3-8,10-13,16-23,31,34,36H,2,9,14-15,24-25H2,1H3,(H,46,47);5-8,11-13H,9-10,14,16H2,1-4H3,(H,34,35);6-13H,2,5,14-16H2,1,3-4H3,(H,34,35)(H,36,37)/b41-38+;18-11+;21-12-,22-13+,29-26+. The predicted octanol–water partition coefficient (Wildman–Crippen LogP) is 19.0. The molecule has 11 heterocycles. The van der Waals surface area contributed by atoms with Crippen LogP contribution in [0, 0.1) is 25.9 Å². The number of carbonyl (C=O) groups is 6. The molecular formula is C103H94N8O14S7. The second kappa shape index (κ2) is 36.9. The average molecular weight is 1890 g/mol. The molecule has 4 N–H and O–H groups in total. The smallest absolute Gasteiger partial charge is 0.346 e. The van der Waals surface area contributed by atoms with Crippen molar-refractivity contribution in [2.75, 3.05) is 47.4 Å². The maximum absolute atomic E-state index is 13.7. The topological polar surface area (TPSA) is 298 Å². The summed E-state index contributed by atoms with van der Waals surface area (Å²) in [6, 6.07) is 62.3. The molecule has 5 aromatic heterocycles. The van der Waals surface area contributed by atoms with Crippen molar-refractivity contribution in [3.8, 4) is 26.3 Å². The van der Waals surface area contributed by atoms with Crippen molar-refractivity contribution in [3.63, 3.8) is 0 Å². The summed E-state index contributed by atoms with van der Waals surface area (Å²) in [6.07, 6.45) is 12.8. The zero-order chi connectivity index (χ0) is 93.3. The van der Waals surface area contributed by atoms with Gasteiger partial charge >= 0.3 is 29.5 Å². The molecule has 132 heavy (non-hydrogen) atoms. The highest BCUT2D eigenvalue weighted by Gasteiger charge is 2.48. The van der Waals surface area contributed by atoms with E-state index in [9.17, 15) is 58.5 Å². The first-order valence-corrected chi connectivity index (χ1v) is 48.9. The van der Waals surface area contributed by atoms with E-state index in [0.717, 1.165) is 149 Å². The van der Waals surface area contributed by atoms with Crippen molar-refractivity contribution in [2.45, 2.75) is 141 Å². The van der Waals surface area contributed by atoms with Crippen molar-refractivity contribution in [2.24, 2.45) is 5.41 Å². The van der Waals surface area contributed by atoms with Crippen molar-refractivity contribution >= 4 is 196 Å². The van der Waals surface area contributed by atoms with Gasteiger partial charge in [0.15, 0.2) is 0 Å². The van der Waals surface area contributed by atoms with Crippen LogP contribution >= 0.6 is 81.1 Å². The number of carbonyl (C=O) groups excluding carboxylic acids is 2. The Balaban J connectivity index is 0.000000140. The van der Waals surface area contributed by atoms with Crippen molar-refractivity contribution in [1.29, 1.82) is 5.26 Å². The van der Waals surface area contributed by atoms with Crippen LogP contribution in [0.4, 0.5) is 22.7 Å². The summed E-state index contributed by atoms with van der Waals surface area (Å²) in [5, 5.41) is 49.8. The molecule has 672 valence electrons.